The Hall–Kier alpha value is -2.12. The third-order valence-corrected chi connectivity index (χ3v) is 5.87. The number of methoxy groups -OCH3 is 2. The van der Waals surface area contributed by atoms with Crippen molar-refractivity contribution in [1.29, 1.82) is 0 Å². The molecule has 0 aliphatic carbocycles. The standard InChI is InChI=1S/C21H31N3O4/c1-4-22-9-11-23(12-10-22)21(26)17-15-19(25)24(13-14-27-2)20(17)16-7-5-6-8-18(16)28-3/h5-8,17,20H,4,9-15H2,1-3H3/t17-,20+/m1/s1. The second-order valence-corrected chi connectivity index (χ2v) is 7.34. The van der Waals surface area contributed by atoms with Crippen LogP contribution < -0.4 is 4.74 Å². The van der Waals surface area contributed by atoms with Gasteiger partial charge in [-0.25, -0.2) is 0 Å². The van der Waals surface area contributed by atoms with E-state index >= 15 is 0 Å². The third kappa shape index (κ3) is 4.15. The minimum absolute atomic E-state index is 0.00139. The first kappa shape index (κ1) is 20.6. The molecule has 1 aromatic carbocycles. The maximum Gasteiger partial charge on any atom is 0.228 e. The zero-order chi connectivity index (χ0) is 20.1. The monoisotopic (exact) mass is 389 g/mol. The molecule has 0 aromatic heterocycles. The maximum absolute atomic E-state index is 13.4. The number of piperazine rings is 1. The van der Waals surface area contributed by atoms with Crippen molar-refractivity contribution in [2.45, 2.75) is 19.4 Å². The maximum atomic E-state index is 13.4. The van der Waals surface area contributed by atoms with Crippen LogP contribution in [-0.2, 0) is 14.3 Å². The summed E-state index contributed by atoms with van der Waals surface area (Å²) in [5.41, 5.74) is 0.887. The van der Waals surface area contributed by atoms with E-state index in [0.29, 0.717) is 32.0 Å². The Balaban J connectivity index is 1.87. The fourth-order valence-corrected chi connectivity index (χ4v) is 4.28. The Kier molecular flexibility index (Phi) is 6.91. The van der Waals surface area contributed by atoms with Gasteiger partial charge in [0.25, 0.3) is 0 Å². The first-order valence-electron chi connectivity index (χ1n) is 10.0. The molecule has 2 saturated heterocycles. The number of likely N-dealkylation sites (tertiary alicyclic amines) is 1. The van der Waals surface area contributed by atoms with E-state index in [2.05, 4.69) is 11.8 Å². The van der Waals surface area contributed by atoms with Crippen LogP contribution >= 0.6 is 0 Å². The Morgan fingerprint density at radius 3 is 2.50 bits per heavy atom. The highest BCUT2D eigenvalue weighted by molar-refractivity contribution is 5.90. The van der Waals surface area contributed by atoms with Gasteiger partial charge in [-0.15, -0.1) is 0 Å². The van der Waals surface area contributed by atoms with E-state index in [9.17, 15) is 9.59 Å². The van der Waals surface area contributed by atoms with E-state index in [1.54, 1.807) is 19.1 Å². The van der Waals surface area contributed by atoms with Gasteiger partial charge in [0.1, 0.15) is 5.75 Å². The van der Waals surface area contributed by atoms with Crippen LogP contribution in [0.5, 0.6) is 5.75 Å². The van der Waals surface area contributed by atoms with E-state index in [1.165, 1.54) is 0 Å². The van der Waals surface area contributed by atoms with Crippen LogP contribution in [-0.4, -0.2) is 86.6 Å². The number of para-hydroxylation sites is 1. The second kappa shape index (κ2) is 9.39. The van der Waals surface area contributed by atoms with E-state index in [0.717, 1.165) is 25.2 Å². The summed E-state index contributed by atoms with van der Waals surface area (Å²) in [5, 5.41) is 0. The molecule has 3 rings (SSSR count). The van der Waals surface area contributed by atoms with Crippen molar-refractivity contribution in [3.63, 3.8) is 0 Å². The molecule has 1 aromatic rings. The molecule has 0 saturated carbocycles. The summed E-state index contributed by atoms with van der Waals surface area (Å²) in [6, 6.07) is 7.34. The predicted molar refractivity (Wildman–Crippen MR) is 106 cm³/mol. The summed E-state index contributed by atoms with van der Waals surface area (Å²) in [7, 11) is 3.24. The van der Waals surface area contributed by atoms with Gasteiger partial charge in [0, 0.05) is 51.8 Å². The molecule has 2 aliphatic rings. The van der Waals surface area contributed by atoms with Crippen LogP contribution in [0.4, 0.5) is 0 Å². The largest absolute Gasteiger partial charge is 0.496 e. The number of ether oxygens (including phenoxy) is 2. The van der Waals surface area contributed by atoms with Crippen molar-refractivity contribution in [3.8, 4) is 5.75 Å². The molecule has 0 spiro atoms. The van der Waals surface area contributed by atoms with Crippen molar-refractivity contribution in [2.24, 2.45) is 5.92 Å². The number of carbonyl (C=O) groups is 2. The van der Waals surface area contributed by atoms with Gasteiger partial charge in [-0.2, -0.15) is 0 Å². The van der Waals surface area contributed by atoms with Gasteiger partial charge < -0.3 is 24.2 Å². The van der Waals surface area contributed by atoms with Crippen LogP contribution in [0.15, 0.2) is 24.3 Å². The zero-order valence-corrected chi connectivity index (χ0v) is 17.1. The lowest BCUT2D eigenvalue weighted by Gasteiger charge is -2.37. The lowest BCUT2D eigenvalue weighted by atomic mass is 9.91. The smallest absolute Gasteiger partial charge is 0.228 e. The van der Waals surface area contributed by atoms with Crippen molar-refractivity contribution in [1.82, 2.24) is 14.7 Å². The minimum atomic E-state index is -0.395. The molecule has 2 aliphatic heterocycles. The van der Waals surface area contributed by atoms with E-state index in [4.69, 9.17) is 9.47 Å². The number of carbonyl (C=O) groups excluding carboxylic acids is 2. The average molecular weight is 389 g/mol. The van der Waals surface area contributed by atoms with Gasteiger partial charge in [-0.1, -0.05) is 25.1 Å². The van der Waals surface area contributed by atoms with Crippen molar-refractivity contribution in [3.05, 3.63) is 29.8 Å². The third-order valence-electron chi connectivity index (χ3n) is 5.87. The summed E-state index contributed by atoms with van der Waals surface area (Å²) < 4.78 is 10.8. The molecule has 7 nitrogen and oxygen atoms in total. The van der Waals surface area contributed by atoms with Gasteiger partial charge in [0.05, 0.1) is 25.7 Å². The fraction of sp³-hybridized carbons (Fsp3) is 0.619. The minimum Gasteiger partial charge on any atom is -0.496 e. The van der Waals surface area contributed by atoms with Gasteiger partial charge >= 0.3 is 0 Å². The molecular formula is C21H31N3O4. The molecule has 2 atom stereocenters. The molecule has 7 heteroatoms. The summed E-state index contributed by atoms with van der Waals surface area (Å²) in [5.74, 6) is 0.380. The van der Waals surface area contributed by atoms with Crippen LogP contribution in [0, 0.1) is 5.92 Å². The summed E-state index contributed by atoms with van der Waals surface area (Å²) in [4.78, 5) is 32.3. The highest BCUT2D eigenvalue weighted by atomic mass is 16.5. The van der Waals surface area contributed by atoms with Gasteiger partial charge in [-0.3, -0.25) is 9.59 Å². The quantitative estimate of drug-likeness (QED) is 0.705. The average Bonchev–Trinajstić information content (AvgIpc) is 3.07. The Morgan fingerprint density at radius 2 is 1.86 bits per heavy atom. The van der Waals surface area contributed by atoms with Crippen LogP contribution in [0.2, 0.25) is 0 Å². The van der Waals surface area contributed by atoms with Gasteiger partial charge in [0.15, 0.2) is 0 Å². The number of hydrogen-bond acceptors (Lipinski definition) is 5. The SMILES string of the molecule is CCN1CCN(C(=O)[C@@H]2CC(=O)N(CCOC)[C@H]2c2ccccc2OC)CC1. The number of hydrogen-bond donors (Lipinski definition) is 0. The Bertz CT molecular complexity index is 688. The van der Waals surface area contributed by atoms with Crippen molar-refractivity contribution >= 4 is 11.8 Å². The summed E-state index contributed by atoms with van der Waals surface area (Å²) >= 11 is 0. The molecule has 2 heterocycles. The van der Waals surface area contributed by atoms with E-state index in [1.807, 2.05) is 29.2 Å². The Labute approximate surface area is 167 Å². The molecule has 0 radical (unpaired) electrons. The van der Waals surface area contributed by atoms with Crippen molar-refractivity contribution < 1.29 is 19.1 Å². The van der Waals surface area contributed by atoms with Crippen LogP contribution in [0.3, 0.4) is 0 Å². The molecule has 2 amide bonds. The van der Waals surface area contributed by atoms with Crippen LogP contribution in [0.25, 0.3) is 0 Å². The lowest BCUT2D eigenvalue weighted by molar-refractivity contribution is -0.138. The van der Waals surface area contributed by atoms with E-state index < -0.39 is 5.92 Å². The molecular weight excluding hydrogens is 358 g/mol. The zero-order valence-electron chi connectivity index (χ0n) is 17.1. The number of rotatable bonds is 7. The second-order valence-electron chi connectivity index (χ2n) is 7.34. The molecule has 154 valence electrons. The normalized spacial score (nSPS) is 23.3. The molecule has 28 heavy (non-hydrogen) atoms. The highest BCUT2D eigenvalue weighted by Gasteiger charge is 2.46. The van der Waals surface area contributed by atoms with Gasteiger partial charge in [-0.05, 0) is 12.6 Å². The first-order chi connectivity index (χ1) is 13.6. The summed E-state index contributed by atoms with van der Waals surface area (Å²) in [6.45, 7) is 7.24. The highest BCUT2D eigenvalue weighted by Crippen LogP contribution is 2.42. The summed E-state index contributed by atoms with van der Waals surface area (Å²) in [6.07, 6.45) is 0.235. The number of nitrogens with zero attached hydrogens (tertiary/aromatic N) is 3. The first-order valence-corrected chi connectivity index (χ1v) is 10.0. The predicted octanol–water partition coefficient (Wildman–Crippen LogP) is 1.40. The molecule has 0 unspecified atom stereocenters. The topological polar surface area (TPSA) is 62.3 Å². The number of benzene rings is 1. The van der Waals surface area contributed by atoms with Crippen LogP contribution in [0.1, 0.15) is 24.9 Å². The van der Waals surface area contributed by atoms with Gasteiger partial charge in [0.2, 0.25) is 11.8 Å². The Morgan fingerprint density at radius 1 is 1.14 bits per heavy atom. The van der Waals surface area contributed by atoms with Crippen molar-refractivity contribution in [2.75, 3.05) is 60.1 Å². The number of amides is 2. The van der Waals surface area contributed by atoms with E-state index in [-0.39, 0.29) is 24.3 Å². The molecule has 2 fully saturated rings. The fourth-order valence-electron chi connectivity index (χ4n) is 4.28. The number of likely N-dealkylation sites (N-methyl/N-ethyl adjacent to an activating group) is 1. The molecule has 0 N–H and O–H groups in total. The molecule has 0 bridgehead atoms. The lowest BCUT2D eigenvalue weighted by Crippen LogP contribution is -2.50.